The zero-order valence-electron chi connectivity index (χ0n) is 11.6. The van der Waals surface area contributed by atoms with Gasteiger partial charge in [0.05, 0.1) is 7.11 Å². The molecule has 1 rings (SSSR count). The molecule has 122 valence electrons. The first-order valence-corrected chi connectivity index (χ1v) is 5.88. The van der Waals surface area contributed by atoms with E-state index in [9.17, 15) is 14.4 Å². The number of carbonyl (C=O) groups excluding carboxylic acids is 1. The number of methoxy groups -OCH3 is 2. The van der Waals surface area contributed by atoms with Gasteiger partial charge >= 0.3 is 17.9 Å². The minimum Gasteiger partial charge on any atom is -0.479 e. The summed E-state index contributed by atoms with van der Waals surface area (Å²) >= 11 is 0. The third-order valence-corrected chi connectivity index (χ3v) is 2.87. The van der Waals surface area contributed by atoms with Crippen LogP contribution in [0.2, 0.25) is 0 Å². The first-order chi connectivity index (χ1) is 9.71. The van der Waals surface area contributed by atoms with Gasteiger partial charge in [0.2, 0.25) is 0 Å². The molecule has 0 aromatic heterocycles. The van der Waals surface area contributed by atoms with Crippen LogP contribution in [0.15, 0.2) is 0 Å². The lowest BCUT2D eigenvalue weighted by Crippen LogP contribution is -2.43. The summed E-state index contributed by atoms with van der Waals surface area (Å²) in [4.78, 5) is 30.7. The van der Waals surface area contributed by atoms with Gasteiger partial charge in [-0.3, -0.25) is 0 Å². The highest BCUT2D eigenvalue weighted by atomic mass is 16.6. The maximum atomic E-state index is 11.2. The van der Waals surface area contributed by atoms with Gasteiger partial charge in [-0.05, 0) is 6.54 Å². The molecule has 0 amide bonds. The minimum absolute atomic E-state index is 0.287. The fourth-order valence-electron chi connectivity index (χ4n) is 1.56. The van der Waals surface area contributed by atoms with E-state index >= 15 is 0 Å². The largest absolute Gasteiger partial charge is 0.479 e. The van der Waals surface area contributed by atoms with Gasteiger partial charge in [-0.25, -0.2) is 14.4 Å². The van der Waals surface area contributed by atoms with E-state index in [0.29, 0.717) is 13.0 Å². The van der Waals surface area contributed by atoms with Crippen molar-refractivity contribution >= 4 is 17.9 Å². The first-order valence-electron chi connectivity index (χ1n) is 5.88. The summed E-state index contributed by atoms with van der Waals surface area (Å²) in [5.41, 5.74) is -0.727. The average molecular weight is 309 g/mol. The van der Waals surface area contributed by atoms with Crippen LogP contribution in [0.5, 0.6) is 0 Å². The molecule has 0 radical (unpaired) electrons. The lowest BCUT2D eigenvalue weighted by Gasteiger charge is -2.22. The van der Waals surface area contributed by atoms with Crippen LogP contribution in [0.4, 0.5) is 0 Å². The van der Waals surface area contributed by atoms with Crippen LogP contribution < -0.4 is 5.32 Å². The van der Waals surface area contributed by atoms with E-state index in [1.807, 2.05) is 0 Å². The summed E-state index contributed by atoms with van der Waals surface area (Å²) < 4.78 is 9.74. The zero-order valence-corrected chi connectivity index (χ0v) is 11.6. The molecule has 1 fully saturated rings. The number of aliphatic carboxylic acids is 2. The van der Waals surface area contributed by atoms with E-state index in [4.69, 9.17) is 25.2 Å². The molecule has 3 atom stereocenters. The molecule has 1 aliphatic heterocycles. The second-order valence-electron chi connectivity index (χ2n) is 4.18. The molecule has 0 spiro atoms. The molecule has 1 heterocycles. The zero-order chi connectivity index (χ0) is 16.6. The molecule has 1 aliphatic rings. The topological polar surface area (TPSA) is 163 Å². The highest BCUT2D eigenvalue weighted by molar-refractivity contribution is 5.83. The Bertz CT molecular complexity index is 360. The van der Waals surface area contributed by atoms with Crippen LogP contribution >= 0.6 is 0 Å². The fraction of sp³-hybridized carbons (Fsp3) is 0.727. The van der Waals surface area contributed by atoms with Gasteiger partial charge in [-0.15, -0.1) is 0 Å². The Morgan fingerprint density at radius 2 is 1.57 bits per heavy atom. The van der Waals surface area contributed by atoms with Crippen molar-refractivity contribution in [1.82, 2.24) is 5.32 Å². The van der Waals surface area contributed by atoms with Crippen molar-refractivity contribution in [2.24, 2.45) is 0 Å². The number of aliphatic hydroxyl groups is 2. The van der Waals surface area contributed by atoms with E-state index in [1.165, 1.54) is 14.2 Å². The van der Waals surface area contributed by atoms with Gasteiger partial charge in [0.25, 0.3) is 0 Å². The molecule has 1 saturated heterocycles. The number of hydrogen-bond donors (Lipinski definition) is 5. The average Bonchev–Trinajstić information content (AvgIpc) is 2.95. The smallest absolute Gasteiger partial charge is 0.339 e. The number of hydrogen-bond acceptors (Lipinski definition) is 8. The van der Waals surface area contributed by atoms with Gasteiger partial charge in [-0.2, -0.15) is 0 Å². The van der Waals surface area contributed by atoms with Crippen LogP contribution in [0, 0.1) is 0 Å². The highest BCUT2D eigenvalue weighted by Gasteiger charge is 2.42. The van der Waals surface area contributed by atoms with Crippen molar-refractivity contribution in [2.45, 2.75) is 24.2 Å². The lowest BCUT2D eigenvalue weighted by molar-refractivity contribution is -0.165. The normalized spacial score (nSPS) is 23.4. The van der Waals surface area contributed by atoms with Gasteiger partial charge in [0, 0.05) is 20.1 Å². The van der Waals surface area contributed by atoms with Crippen molar-refractivity contribution in [3.63, 3.8) is 0 Å². The third-order valence-electron chi connectivity index (χ3n) is 2.87. The summed E-state index contributed by atoms with van der Waals surface area (Å²) in [6.07, 6.45) is -3.84. The van der Waals surface area contributed by atoms with Gasteiger partial charge < -0.3 is 35.2 Å². The van der Waals surface area contributed by atoms with Crippen LogP contribution in [-0.4, -0.2) is 83.5 Å². The van der Waals surface area contributed by atoms with E-state index < -0.39 is 29.7 Å². The Balaban J connectivity index is 0.000000384. The van der Waals surface area contributed by atoms with E-state index in [2.05, 4.69) is 10.1 Å². The molecule has 10 heteroatoms. The van der Waals surface area contributed by atoms with Crippen molar-refractivity contribution in [3.8, 4) is 0 Å². The number of rotatable bonds is 5. The monoisotopic (exact) mass is 309 g/mol. The van der Waals surface area contributed by atoms with Crippen LogP contribution in [0.1, 0.15) is 6.42 Å². The molecular formula is C11H19NO9. The lowest BCUT2D eigenvalue weighted by atomic mass is 10.0. The second-order valence-corrected chi connectivity index (χ2v) is 4.18. The Hall–Kier alpha value is -1.75. The van der Waals surface area contributed by atoms with Crippen LogP contribution in [0.25, 0.3) is 0 Å². The van der Waals surface area contributed by atoms with E-state index in [-0.39, 0.29) is 5.97 Å². The molecule has 3 unspecified atom stereocenters. The molecule has 0 bridgehead atoms. The molecule has 0 aromatic rings. The standard InChI is InChI=1S/C7H13NO3.C4H6O6/c1-10-6(9)7(11-2)3-4-8-5-7;5-1(3(7)8)2(6)4(9)10/h8H,3-5H2,1-2H3;1-2,5-6H,(H,7,8)(H,9,10). The quantitative estimate of drug-likeness (QED) is 0.341. The number of carbonyl (C=O) groups is 3. The van der Waals surface area contributed by atoms with Crippen LogP contribution in [0.3, 0.4) is 0 Å². The van der Waals surface area contributed by atoms with Crippen molar-refractivity contribution < 1.29 is 44.3 Å². The maximum absolute atomic E-state index is 11.2. The summed E-state index contributed by atoms with van der Waals surface area (Å²) in [6.45, 7) is 1.36. The molecule has 0 aliphatic carbocycles. The second kappa shape index (κ2) is 8.52. The highest BCUT2D eigenvalue weighted by Crippen LogP contribution is 2.19. The van der Waals surface area contributed by atoms with Gasteiger partial charge in [0.15, 0.2) is 17.8 Å². The Kier molecular flexibility index (Phi) is 7.81. The number of esters is 1. The Labute approximate surface area is 120 Å². The van der Waals surface area contributed by atoms with Gasteiger partial charge in [0.1, 0.15) is 0 Å². The predicted octanol–water partition coefficient (Wildman–Crippen LogP) is -2.58. The summed E-state index contributed by atoms with van der Waals surface area (Å²) in [6, 6.07) is 0. The maximum Gasteiger partial charge on any atom is 0.339 e. The van der Waals surface area contributed by atoms with Crippen molar-refractivity contribution in [3.05, 3.63) is 0 Å². The van der Waals surface area contributed by atoms with Crippen molar-refractivity contribution in [1.29, 1.82) is 0 Å². The number of carboxylic acid groups (broad SMARTS) is 2. The number of carboxylic acids is 2. The minimum atomic E-state index is -2.27. The van der Waals surface area contributed by atoms with Crippen molar-refractivity contribution in [2.75, 3.05) is 27.3 Å². The Morgan fingerprint density at radius 1 is 1.10 bits per heavy atom. The Morgan fingerprint density at radius 3 is 1.81 bits per heavy atom. The summed E-state index contributed by atoms with van der Waals surface area (Å²) in [5.74, 6) is -3.82. The van der Waals surface area contributed by atoms with E-state index in [1.54, 1.807) is 0 Å². The molecule has 0 saturated carbocycles. The molecule has 5 N–H and O–H groups in total. The van der Waals surface area contributed by atoms with E-state index in [0.717, 1.165) is 6.54 Å². The third kappa shape index (κ3) is 5.27. The van der Waals surface area contributed by atoms with Gasteiger partial charge in [-0.1, -0.05) is 0 Å². The molecule has 21 heavy (non-hydrogen) atoms. The first kappa shape index (κ1) is 19.2. The molecular weight excluding hydrogens is 290 g/mol. The molecule has 10 nitrogen and oxygen atoms in total. The predicted molar refractivity (Wildman–Crippen MR) is 66.5 cm³/mol. The molecule has 0 aromatic carbocycles. The summed E-state index contributed by atoms with van der Waals surface area (Å²) in [5, 5.41) is 35.6. The SMILES string of the molecule is COC(=O)C1(OC)CCNC1.O=C(O)C(O)C(O)C(=O)O. The number of nitrogens with one attached hydrogen (secondary N) is 1. The summed E-state index contributed by atoms with van der Waals surface area (Å²) in [7, 11) is 2.91. The number of aliphatic hydroxyl groups excluding tert-OH is 2. The fourth-order valence-corrected chi connectivity index (χ4v) is 1.56. The van der Waals surface area contributed by atoms with Crippen LogP contribution in [-0.2, 0) is 23.9 Å². The number of ether oxygens (including phenoxy) is 2.